The average Bonchev–Trinajstić information content (AvgIpc) is 2.17. The van der Waals surface area contributed by atoms with Gasteiger partial charge in [-0.15, -0.1) is 0 Å². The number of hydrogen-bond donors (Lipinski definition) is 1. The Morgan fingerprint density at radius 2 is 1.87 bits per heavy atom. The normalized spacial score (nSPS) is 10.0. The minimum atomic E-state index is 0. The van der Waals surface area contributed by atoms with Gasteiger partial charge in [0, 0.05) is 18.4 Å². The molecule has 1 aromatic carbocycles. The number of halogens is 1. The van der Waals surface area contributed by atoms with Crippen LogP contribution in [-0.4, -0.2) is 5.11 Å². The standard InChI is InChI=1S/C12H13NO.HI/c1-3-13-9(2)4-5-10-6-7-11(14)8-12(10)13;/h4-8H,3H2,1-2H3;1H. The molecule has 2 aromatic rings. The van der Waals surface area contributed by atoms with Crippen molar-refractivity contribution in [3.8, 4) is 5.75 Å². The summed E-state index contributed by atoms with van der Waals surface area (Å²) in [7, 11) is 0. The highest BCUT2D eigenvalue weighted by molar-refractivity contribution is 5.77. The fourth-order valence-electron chi connectivity index (χ4n) is 1.82. The molecule has 0 fully saturated rings. The van der Waals surface area contributed by atoms with Crippen LogP contribution in [0, 0.1) is 6.92 Å². The summed E-state index contributed by atoms with van der Waals surface area (Å²) in [6.45, 7) is 5.11. The smallest absolute Gasteiger partial charge is 0.216 e. The van der Waals surface area contributed by atoms with Gasteiger partial charge in [-0.1, -0.05) is 0 Å². The number of phenolic OH excluding ortho intramolecular Hbond substituents is 1. The number of aryl methyl sites for hydroxylation is 2. The van der Waals surface area contributed by atoms with E-state index in [0.717, 1.165) is 17.4 Å². The van der Waals surface area contributed by atoms with Crippen molar-refractivity contribution < 1.29 is 33.7 Å². The first kappa shape index (κ1) is 12.2. The number of rotatable bonds is 1. The lowest BCUT2D eigenvalue weighted by molar-refractivity contribution is -0.673. The van der Waals surface area contributed by atoms with Crippen molar-refractivity contribution in [3.63, 3.8) is 0 Å². The molecule has 1 heterocycles. The summed E-state index contributed by atoms with van der Waals surface area (Å²) < 4.78 is 2.19. The third-order valence-electron chi connectivity index (χ3n) is 2.55. The van der Waals surface area contributed by atoms with Gasteiger partial charge in [0.25, 0.3) is 0 Å². The largest absolute Gasteiger partial charge is 1.00 e. The van der Waals surface area contributed by atoms with Crippen molar-refractivity contribution in [1.82, 2.24) is 0 Å². The van der Waals surface area contributed by atoms with Crippen LogP contribution in [0.25, 0.3) is 10.9 Å². The summed E-state index contributed by atoms with van der Waals surface area (Å²) >= 11 is 0. The molecule has 0 unspecified atom stereocenters. The third kappa shape index (κ3) is 2.22. The molecular weight excluding hydrogens is 301 g/mol. The molecule has 3 heteroatoms. The zero-order valence-corrected chi connectivity index (χ0v) is 11.0. The molecule has 0 radical (unpaired) electrons. The van der Waals surface area contributed by atoms with Crippen LogP contribution in [0.2, 0.25) is 0 Å². The molecule has 0 saturated carbocycles. The predicted molar refractivity (Wildman–Crippen MR) is 56.2 cm³/mol. The number of aromatic hydroxyl groups is 1. The summed E-state index contributed by atoms with van der Waals surface area (Å²) in [4.78, 5) is 0. The highest BCUT2D eigenvalue weighted by Gasteiger charge is 2.10. The molecule has 80 valence electrons. The molecule has 0 spiro atoms. The van der Waals surface area contributed by atoms with Gasteiger partial charge in [-0.05, 0) is 25.1 Å². The van der Waals surface area contributed by atoms with Gasteiger partial charge >= 0.3 is 0 Å². The highest BCUT2D eigenvalue weighted by atomic mass is 127. The lowest BCUT2D eigenvalue weighted by Gasteiger charge is -2.02. The van der Waals surface area contributed by atoms with E-state index in [1.54, 1.807) is 6.07 Å². The minimum absolute atomic E-state index is 0. The van der Waals surface area contributed by atoms with Gasteiger partial charge in [-0.3, -0.25) is 0 Å². The molecule has 15 heavy (non-hydrogen) atoms. The van der Waals surface area contributed by atoms with E-state index in [0.29, 0.717) is 5.75 Å². The van der Waals surface area contributed by atoms with E-state index in [1.165, 1.54) is 5.69 Å². The number of fused-ring (bicyclic) bond motifs is 1. The first-order valence-electron chi connectivity index (χ1n) is 4.84. The van der Waals surface area contributed by atoms with Crippen molar-refractivity contribution in [2.24, 2.45) is 0 Å². The lowest BCUT2D eigenvalue weighted by atomic mass is 10.2. The van der Waals surface area contributed by atoms with Crippen LogP contribution in [0.5, 0.6) is 5.75 Å². The van der Waals surface area contributed by atoms with Crippen molar-refractivity contribution in [1.29, 1.82) is 0 Å². The fourth-order valence-corrected chi connectivity index (χ4v) is 1.82. The van der Waals surface area contributed by atoms with Crippen molar-refractivity contribution >= 4 is 10.9 Å². The molecule has 0 aliphatic heterocycles. The van der Waals surface area contributed by atoms with Crippen LogP contribution in [0.1, 0.15) is 12.6 Å². The Morgan fingerprint density at radius 3 is 2.53 bits per heavy atom. The summed E-state index contributed by atoms with van der Waals surface area (Å²) in [6.07, 6.45) is 0. The molecule has 0 aliphatic carbocycles. The van der Waals surface area contributed by atoms with Gasteiger partial charge < -0.3 is 29.1 Å². The Bertz CT molecular complexity index is 477. The molecule has 1 N–H and O–H groups in total. The quantitative estimate of drug-likeness (QED) is 0.539. The number of aromatic nitrogens is 1. The number of phenols is 1. The molecule has 2 nitrogen and oxygen atoms in total. The molecule has 0 aliphatic rings. The van der Waals surface area contributed by atoms with E-state index >= 15 is 0 Å². The third-order valence-corrected chi connectivity index (χ3v) is 2.55. The molecule has 1 aromatic heterocycles. The van der Waals surface area contributed by atoms with Gasteiger partial charge in [0.2, 0.25) is 5.52 Å². The first-order valence-corrected chi connectivity index (χ1v) is 4.84. The Balaban J connectivity index is 0.00000112. The van der Waals surface area contributed by atoms with Crippen molar-refractivity contribution in [3.05, 3.63) is 36.0 Å². The summed E-state index contributed by atoms with van der Waals surface area (Å²) in [5.41, 5.74) is 2.30. The Morgan fingerprint density at radius 1 is 1.20 bits per heavy atom. The van der Waals surface area contributed by atoms with Gasteiger partial charge in [0.1, 0.15) is 12.3 Å². The van der Waals surface area contributed by atoms with Crippen LogP contribution < -0.4 is 28.5 Å². The predicted octanol–water partition coefficient (Wildman–Crippen LogP) is -0.835. The summed E-state index contributed by atoms with van der Waals surface area (Å²) in [5, 5.41) is 10.6. The second kappa shape index (κ2) is 4.79. The first-order chi connectivity index (χ1) is 6.72. The Kier molecular flexibility index (Phi) is 3.90. The number of hydrogen-bond acceptors (Lipinski definition) is 1. The number of benzene rings is 1. The van der Waals surface area contributed by atoms with E-state index in [-0.39, 0.29) is 24.0 Å². The Hall–Kier alpha value is -0.840. The van der Waals surface area contributed by atoms with Gasteiger partial charge in [-0.2, -0.15) is 4.57 Å². The zero-order valence-electron chi connectivity index (χ0n) is 8.87. The molecule has 0 bridgehead atoms. The van der Waals surface area contributed by atoms with E-state index < -0.39 is 0 Å². The van der Waals surface area contributed by atoms with Crippen LogP contribution in [0.3, 0.4) is 0 Å². The van der Waals surface area contributed by atoms with E-state index in [9.17, 15) is 5.11 Å². The molecule has 0 saturated heterocycles. The maximum atomic E-state index is 9.43. The topological polar surface area (TPSA) is 24.1 Å². The van der Waals surface area contributed by atoms with Crippen LogP contribution in [0.15, 0.2) is 30.3 Å². The zero-order chi connectivity index (χ0) is 10.1. The van der Waals surface area contributed by atoms with E-state index in [1.807, 2.05) is 12.1 Å². The van der Waals surface area contributed by atoms with E-state index in [2.05, 4.69) is 30.5 Å². The molecule has 2 rings (SSSR count). The number of nitrogens with zero attached hydrogens (tertiary/aromatic N) is 1. The molecule has 0 amide bonds. The van der Waals surface area contributed by atoms with E-state index in [4.69, 9.17) is 0 Å². The van der Waals surface area contributed by atoms with Crippen molar-refractivity contribution in [2.45, 2.75) is 20.4 Å². The minimum Gasteiger partial charge on any atom is -1.00 e. The average molecular weight is 315 g/mol. The van der Waals surface area contributed by atoms with Crippen LogP contribution in [0.4, 0.5) is 0 Å². The van der Waals surface area contributed by atoms with Crippen LogP contribution >= 0.6 is 0 Å². The summed E-state index contributed by atoms with van der Waals surface area (Å²) in [6, 6.07) is 9.65. The maximum Gasteiger partial charge on any atom is 0.216 e. The van der Waals surface area contributed by atoms with Gasteiger partial charge in [-0.25, -0.2) is 0 Å². The summed E-state index contributed by atoms with van der Waals surface area (Å²) in [5.74, 6) is 0.324. The highest BCUT2D eigenvalue weighted by Crippen LogP contribution is 2.17. The maximum absolute atomic E-state index is 9.43. The molecular formula is C12H14INO. The molecule has 0 atom stereocenters. The fraction of sp³-hybridized carbons (Fsp3) is 0.250. The number of pyridine rings is 1. The monoisotopic (exact) mass is 315 g/mol. The van der Waals surface area contributed by atoms with Gasteiger partial charge in [0.05, 0.1) is 6.07 Å². The van der Waals surface area contributed by atoms with Crippen LogP contribution in [-0.2, 0) is 6.54 Å². The van der Waals surface area contributed by atoms with Crippen molar-refractivity contribution in [2.75, 3.05) is 0 Å². The lowest BCUT2D eigenvalue weighted by Crippen LogP contribution is -3.00. The Labute approximate surface area is 107 Å². The second-order valence-corrected chi connectivity index (χ2v) is 3.46. The van der Waals surface area contributed by atoms with Gasteiger partial charge in [0.15, 0.2) is 5.69 Å². The SMILES string of the molecule is CC[n+]1c(C)ccc2ccc(O)cc21.[I-]. The second-order valence-electron chi connectivity index (χ2n) is 3.46.